The smallest absolute Gasteiger partial charge is 0.261 e. The fourth-order valence-corrected chi connectivity index (χ4v) is 2.18. The van der Waals surface area contributed by atoms with Crippen LogP contribution in [0.4, 0.5) is 0 Å². The molecule has 2 aromatic rings. The number of hydrogen-bond donors (Lipinski definition) is 1. The third kappa shape index (κ3) is 2.43. The molecule has 0 radical (unpaired) electrons. The van der Waals surface area contributed by atoms with E-state index in [1.807, 2.05) is 13.1 Å². The molecule has 0 bridgehead atoms. The van der Waals surface area contributed by atoms with Gasteiger partial charge in [-0.05, 0) is 31.8 Å². The monoisotopic (exact) mass is 235 g/mol. The van der Waals surface area contributed by atoms with Crippen LogP contribution in [-0.2, 0) is 0 Å². The maximum atomic E-state index is 5.20. The Bertz CT molecular complexity index is 444. The third-order valence-electron chi connectivity index (χ3n) is 2.29. The quantitative estimate of drug-likeness (QED) is 0.882. The Hall–Kier alpha value is -1.33. The van der Waals surface area contributed by atoms with Crippen molar-refractivity contribution in [3.8, 4) is 0 Å². The molecule has 1 atom stereocenters. The van der Waals surface area contributed by atoms with Crippen molar-refractivity contribution in [2.45, 2.75) is 23.2 Å². The first kappa shape index (κ1) is 11.2. The molecule has 16 heavy (non-hydrogen) atoms. The molecule has 2 aromatic heterocycles. The van der Waals surface area contributed by atoms with Crippen molar-refractivity contribution in [1.82, 2.24) is 15.3 Å². The molecule has 0 spiro atoms. The molecule has 1 unspecified atom stereocenters. The summed E-state index contributed by atoms with van der Waals surface area (Å²) in [5.41, 5.74) is 1.15. The van der Waals surface area contributed by atoms with Gasteiger partial charge in [0.25, 0.3) is 5.22 Å². The summed E-state index contributed by atoms with van der Waals surface area (Å²) in [4.78, 5) is 8.42. The van der Waals surface area contributed by atoms with E-state index in [1.165, 1.54) is 11.8 Å². The summed E-state index contributed by atoms with van der Waals surface area (Å²) < 4.78 is 5.20. The number of pyridine rings is 1. The fourth-order valence-electron chi connectivity index (χ4n) is 1.32. The largest absolute Gasteiger partial charge is 0.440 e. The van der Waals surface area contributed by atoms with E-state index in [9.17, 15) is 0 Å². The zero-order valence-electron chi connectivity index (χ0n) is 9.18. The SMILES string of the molecule is CNC(C)c1cccnc1Sc1ncco1. The van der Waals surface area contributed by atoms with Crippen LogP contribution in [0.5, 0.6) is 0 Å². The van der Waals surface area contributed by atoms with E-state index in [2.05, 4.69) is 28.3 Å². The predicted octanol–water partition coefficient (Wildman–Crippen LogP) is 2.50. The van der Waals surface area contributed by atoms with Gasteiger partial charge in [-0.2, -0.15) is 0 Å². The highest BCUT2D eigenvalue weighted by molar-refractivity contribution is 7.99. The fraction of sp³-hybridized carbons (Fsp3) is 0.273. The molecule has 0 saturated carbocycles. The van der Waals surface area contributed by atoms with Gasteiger partial charge in [-0.25, -0.2) is 9.97 Å². The Labute approximate surface area is 98.5 Å². The average molecular weight is 235 g/mol. The summed E-state index contributed by atoms with van der Waals surface area (Å²) >= 11 is 1.44. The van der Waals surface area contributed by atoms with E-state index in [0.29, 0.717) is 5.22 Å². The number of nitrogens with zero attached hydrogens (tertiary/aromatic N) is 2. The Morgan fingerprint density at radius 3 is 2.94 bits per heavy atom. The summed E-state index contributed by atoms with van der Waals surface area (Å²) in [5.74, 6) is 0. The molecule has 4 nitrogen and oxygen atoms in total. The second-order valence-corrected chi connectivity index (χ2v) is 4.25. The molecule has 0 aliphatic carbocycles. The van der Waals surface area contributed by atoms with Gasteiger partial charge in [0.05, 0.1) is 6.20 Å². The molecule has 0 saturated heterocycles. The number of oxazole rings is 1. The molecule has 2 heterocycles. The van der Waals surface area contributed by atoms with Crippen molar-refractivity contribution in [2.24, 2.45) is 0 Å². The van der Waals surface area contributed by atoms with Crippen LogP contribution >= 0.6 is 11.8 Å². The number of hydrogen-bond acceptors (Lipinski definition) is 5. The van der Waals surface area contributed by atoms with Crippen LogP contribution < -0.4 is 5.32 Å². The zero-order valence-corrected chi connectivity index (χ0v) is 9.99. The minimum atomic E-state index is 0.256. The van der Waals surface area contributed by atoms with Gasteiger partial charge in [0.1, 0.15) is 11.3 Å². The highest BCUT2D eigenvalue weighted by atomic mass is 32.2. The summed E-state index contributed by atoms with van der Waals surface area (Å²) in [5, 5.41) is 4.73. The van der Waals surface area contributed by atoms with Gasteiger partial charge in [0, 0.05) is 17.8 Å². The van der Waals surface area contributed by atoms with Crippen LogP contribution in [0.3, 0.4) is 0 Å². The maximum Gasteiger partial charge on any atom is 0.261 e. The Kier molecular flexibility index (Phi) is 3.58. The molecular formula is C11H13N3OS. The van der Waals surface area contributed by atoms with E-state index in [4.69, 9.17) is 4.42 Å². The second-order valence-electron chi connectivity index (χ2n) is 3.31. The van der Waals surface area contributed by atoms with Crippen molar-refractivity contribution in [2.75, 3.05) is 7.05 Å². The Balaban J connectivity index is 2.26. The summed E-state index contributed by atoms with van der Waals surface area (Å²) in [6, 6.07) is 4.24. The first-order valence-electron chi connectivity index (χ1n) is 5.01. The molecule has 84 valence electrons. The number of nitrogens with one attached hydrogen (secondary N) is 1. The normalized spacial score (nSPS) is 12.6. The first-order chi connectivity index (χ1) is 7.81. The number of rotatable bonds is 4. The van der Waals surface area contributed by atoms with Crippen molar-refractivity contribution >= 4 is 11.8 Å². The number of aromatic nitrogens is 2. The summed E-state index contributed by atoms with van der Waals surface area (Å²) in [7, 11) is 1.93. The van der Waals surface area contributed by atoms with Crippen molar-refractivity contribution in [3.05, 3.63) is 36.4 Å². The van der Waals surface area contributed by atoms with E-state index < -0.39 is 0 Å². The average Bonchev–Trinajstić information content (AvgIpc) is 2.82. The van der Waals surface area contributed by atoms with Crippen LogP contribution in [0.15, 0.2) is 45.5 Å². The minimum Gasteiger partial charge on any atom is -0.440 e. The highest BCUT2D eigenvalue weighted by Gasteiger charge is 2.12. The summed E-state index contributed by atoms with van der Waals surface area (Å²) in [6.07, 6.45) is 4.97. The third-order valence-corrected chi connectivity index (χ3v) is 3.20. The minimum absolute atomic E-state index is 0.256. The van der Waals surface area contributed by atoms with Crippen molar-refractivity contribution in [3.63, 3.8) is 0 Å². The molecule has 1 N–H and O–H groups in total. The first-order valence-corrected chi connectivity index (χ1v) is 5.82. The van der Waals surface area contributed by atoms with Crippen LogP contribution in [0, 0.1) is 0 Å². The van der Waals surface area contributed by atoms with Crippen molar-refractivity contribution in [1.29, 1.82) is 0 Å². The van der Waals surface area contributed by atoms with Gasteiger partial charge >= 0.3 is 0 Å². The van der Waals surface area contributed by atoms with E-state index >= 15 is 0 Å². The summed E-state index contributed by atoms with van der Waals surface area (Å²) in [6.45, 7) is 2.09. The van der Waals surface area contributed by atoms with E-state index in [0.717, 1.165) is 10.6 Å². The lowest BCUT2D eigenvalue weighted by Crippen LogP contribution is -2.13. The lowest BCUT2D eigenvalue weighted by Gasteiger charge is -2.12. The second kappa shape index (κ2) is 5.14. The molecule has 0 aromatic carbocycles. The lowest BCUT2D eigenvalue weighted by atomic mass is 10.1. The van der Waals surface area contributed by atoms with Gasteiger partial charge in [0.15, 0.2) is 0 Å². The Morgan fingerprint density at radius 1 is 1.38 bits per heavy atom. The molecule has 0 fully saturated rings. The van der Waals surface area contributed by atoms with Gasteiger partial charge in [-0.3, -0.25) is 0 Å². The molecular weight excluding hydrogens is 222 g/mol. The zero-order chi connectivity index (χ0) is 11.4. The van der Waals surface area contributed by atoms with Crippen LogP contribution in [0.1, 0.15) is 18.5 Å². The van der Waals surface area contributed by atoms with E-state index in [-0.39, 0.29) is 6.04 Å². The van der Waals surface area contributed by atoms with Gasteiger partial charge in [0.2, 0.25) is 0 Å². The molecule has 5 heteroatoms. The maximum absolute atomic E-state index is 5.20. The van der Waals surface area contributed by atoms with Crippen LogP contribution in [-0.4, -0.2) is 17.0 Å². The molecule has 0 aliphatic rings. The molecule has 0 aliphatic heterocycles. The van der Waals surface area contributed by atoms with Crippen LogP contribution in [0.25, 0.3) is 0 Å². The van der Waals surface area contributed by atoms with Crippen molar-refractivity contribution < 1.29 is 4.42 Å². The predicted molar refractivity (Wildman–Crippen MR) is 62.3 cm³/mol. The standard InChI is InChI=1S/C11H13N3OS/c1-8(12-2)9-4-3-5-13-10(9)16-11-14-6-7-15-11/h3-8,12H,1-2H3. The van der Waals surface area contributed by atoms with Crippen LogP contribution in [0.2, 0.25) is 0 Å². The lowest BCUT2D eigenvalue weighted by molar-refractivity contribution is 0.453. The Morgan fingerprint density at radius 2 is 2.25 bits per heavy atom. The van der Waals surface area contributed by atoms with Gasteiger partial charge < -0.3 is 9.73 Å². The molecule has 0 amide bonds. The van der Waals surface area contributed by atoms with Gasteiger partial charge in [-0.1, -0.05) is 6.07 Å². The van der Waals surface area contributed by atoms with Gasteiger partial charge in [-0.15, -0.1) is 0 Å². The molecule has 2 rings (SSSR count). The topological polar surface area (TPSA) is 51.0 Å². The highest BCUT2D eigenvalue weighted by Crippen LogP contribution is 2.29. The van der Waals surface area contributed by atoms with E-state index in [1.54, 1.807) is 18.7 Å².